The second kappa shape index (κ2) is 11.1. The van der Waals surface area contributed by atoms with Crippen LogP contribution in [0.2, 0.25) is 13.1 Å². The lowest BCUT2D eigenvalue weighted by Gasteiger charge is -2.50. The Kier molecular flexibility index (Phi) is 6.08. The van der Waals surface area contributed by atoms with Crippen molar-refractivity contribution >= 4 is 86.6 Å². The van der Waals surface area contributed by atoms with E-state index in [1.54, 1.807) is 0 Å². The molecule has 9 aromatic rings. The van der Waals surface area contributed by atoms with E-state index in [4.69, 9.17) is 13.9 Å². The summed E-state index contributed by atoms with van der Waals surface area (Å²) in [6, 6.07) is 58.9. The molecule has 0 saturated heterocycles. The van der Waals surface area contributed by atoms with Gasteiger partial charge in [-0.15, -0.1) is 0 Å². The maximum absolute atomic E-state index is 6.98. The van der Waals surface area contributed by atoms with Gasteiger partial charge in [0.15, 0.2) is 23.0 Å². The highest BCUT2D eigenvalue weighted by molar-refractivity contribution is 7.04. The molecule has 0 atom stereocenters. The predicted octanol–water partition coefficient (Wildman–Crippen LogP) is 11.0. The van der Waals surface area contributed by atoms with E-state index in [2.05, 4.69) is 162 Å². The molecule has 0 bridgehead atoms. The fourth-order valence-corrected chi connectivity index (χ4v) is 13.1. The average Bonchev–Trinajstić information content (AvgIpc) is 3.63. The molecule has 268 valence electrons. The highest BCUT2D eigenvalue weighted by atomic mass is 28.3. The Labute approximate surface area is 331 Å². The summed E-state index contributed by atoms with van der Waals surface area (Å²) in [7, 11) is -2.12. The third kappa shape index (κ3) is 4.13. The summed E-state index contributed by atoms with van der Waals surface area (Å²) in [5, 5.41) is 5.11. The molecule has 5 heterocycles. The van der Waals surface area contributed by atoms with Crippen LogP contribution >= 0.6 is 0 Å². The summed E-state index contributed by atoms with van der Waals surface area (Å²) in [4.78, 5) is 5.11. The number of para-hydroxylation sites is 5. The number of hydrogen-bond donors (Lipinski definition) is 0. The van der Waals surface area contributed by atoms with Gasteiger partial charge in [0, 0.05) is 56.4 Å². The minimum atomic E-state index is -2.12. The maximum Gasteiger partial charge on any atom is 0.333 e. The van der Waals surface area contributed by atoms with Crippen molar-refractivity contribution in [2.45, 2.75) is 13.1 Å². The molecule has 0 radical (unpaired) electrons. The van der Waals surface area contributed by atoms with Crippen LogP contribution < -0.4 is 40.5 Å². The van der Waals surface area contributed by atoms with Gasteiger partial charge in [-0.2, -0.15) is 0 Å². The molecule has 0 unspecified atom stereocenters. The van der Waals surface area contributed by atoms with Crippen molar-refractivity contribution in [2.75, 3.05) is 9.71 Å². The Morgan fingerprint density at radius 3 is 2.04 bits per heavy atom. The van der Waals surface area contributed by atoms with Crippen LogP contribution in [0.25, 0.3) is 44.2 Å². The molecule has 0 amide bonds. The number of ether oxygens (including phenoxy) is 2. The van der Waals surface area contributed by atoms with Gasteiger partial charge < -0.3 is 23.6 Å². The van der Waals surface area contributed by atoms with Crippen molar-refractivity contribution in [3.8, 4) is 45.3 Å². The van der Waals surface area contributed by atoms with Crippen molar-refractivity contribution < 1.29 is 13.9 Å². The van der Waals surface area contributed by atoms with Crippen LogP contribution in [-0.4, -0.2) is 14.9 Å². The average molecular weight is 749 g/mol. The second-order valence-electron chi connectivity index (χ2n) is 16.0. The van der Waals surface area contributed by atoms with Gasteiger partial charge in [-0.1, -0.05) is 122 Å². The molecule has 0 aliphatic carbocycles. The maximum atomic E-state index is 6.98. The van der Waals surface area contributed by atoms with Gasteiger partial charge in [0.05, 0.1) is 0 Å². The van der Waals surface area contributed by atoms with Crippen LogP contribution in [0, 0.1) is 0 Å². The van der Waals surface area contributed by atoms with Crippen molar-refractivity contribution in [1.29, 1.82) is 0 Å². The monoisotopic (exact) mass is 748 g/mol. The summed E-state index contributed by atoms with van der Waals surface area (Å²) in [5.74, 6) is 2.78. The topological polar surface area (TPSA) is 38.1 Å². The molecule has 0 spiro atoms. The van der Waals surface area contributed by atoms with Crippen molar-refractivity contribution in [3.63, 3.8) is 0 Å². The largest absolute Gasteiger partial charge is 0.455 e. The number of benzene rings is 8. The molecular weight excluding hydrogens is 715 g/mol. The fourth-order valence-electron chi connectivity index (χ4n) is 10.1. The summed E-state index contributed by atoms with van der Waals surface area (Å²) in [5.41, 5.74) is 14.7. The third-order valence-corrected chi connectivity index (χ3v) is 16.2. The number of anilines is 5. The zero-order valence-electron chi connectivity index (χ0n) is 31.3. The van der Waals surface area contributed by atoms with Gasteiger partial charge in [-0.05, 0) is 81.0 Å². The normalized spacial score (nSPS) is 14.8. The third-order valence-electron chi connectivity index (χ3n) is 12.7. The minimum absolute atomic E-state index is 0.168. The quantitative estimate of drug-likeness (QED) is 0.165. The minimum Gasteiger partial charge on any atom is -0.455 e. The van der Waals surface area contributed by atoms with Gasteiger partial charge >= 0.3 is 6.85 Å². The van der Waals surface area contributed by atoms with E-state index in [0.29, 0.717) is 23.0 Å². The Morgan fingerprint density at radius 2 is 1.21 bits per heavy atom. The molecule has 1 aromatic heterocycles. The molecule has 13 rings (SSSR count). The van der Waals surface area contributed by atoms with E-state index in [-0.39, 0.29) is 6.85 Å². The van der Waals surface area contributed by atoms with Crippen LogP contribution in [0.15, 0.2) is 168 Å². The van der Waals surface area contributed by atoms with Crippen LogP contribution in [0.4, 0.5) is 28.4 Å². The zero-order valence-corrected chi connectivity index (χ0v) is 32.3. The highest BCUT2D eigenvalue weighted by Crippen LogP contribution is 2.55. The van der Waals surface area contributed by atoms with Gasteiger partial charge in [0.2, 0.25) is 0 Å². The van der Waals surface area contributed by atoms with Crippen molar-refractivity contribution in [2.24, 2.45) is 0 Å². The van der Waals surface area contributed by atoms with Crippen LogP contribution in [-0.2, 0) is 0 Å². The molecule has 0 fully saturated rings. The molecule has 4 aliphatic heterocycles. The van der Waals surface area contributed by atoms with E-state index in [9.17, 15) is 0 Å². The molecule has 8 aromatic carbocycles. The van der Waals surface area contributed by atoms with Gasteiger partial charge in [-0.25, -0.2) is 0 Å². The fraction of sp³-hybridized carbons (Fsp3) is 0.0400. The van der Waals surface area contributed by atoms with E-state index >= 15 is 0 Å². The van der Waals surface area contributed by atoms with Gasteiger partial charge in [0.1, 0.15) is 19.2 Å². The van der Waals surface area contributed by atoms with E-state index in [1.807, 2.05) is 24.3 Å². The Hall–Kier alpha value is -6.96. The SMILES string of the molecule is C[Si]1(C)c2ccccc2N2c3cc4c(oc5ccccc54)c4c3B(c3cccc1c32)N(c1ccc(-c2ccccc2)cc1)c1cc2c(cc1-4)Oc1ccccc1O2. The van der Waals surface area contributed by atoms with Crippen LogP contribution in [0.1, 0.15) is 0 Å². The summed E-state index contributed by atoms with van der Waals surface area (Å²) < 4.78 is 20.3. The van der Waals surface area contributed by atoms with Crippen LogP contribution in [0.3, 0.4) is 0 Å². The van der Waals surface area contributed by atoms with Crippen molar-refractivity contribution in [3.05, 3.63) is 164 Å². The van der Waals surface area contributed by atoms with Gasteiger partial charge in [-0.3, -0.25) is 0 Å². The zero-order chi connectivity index (χ0) is 37.6. The van der Waals surface area contributed by atoms with Crippen molar-refractivity contribution in [1.82, 2.24) is 0 Å². The second-order valence-corrected chi connectivity index (χ2v) is 20.4. The first-order valence-corrected chi connectivity index (χ1v) is 22.6. The number of hydrogen-bond acceptors (Lipinski definition) is 5. The Bertz CT molecular complexity index is 3190. The Balaban J connectivity index is 1.17. The molecule has 0 N–H and O–H groups in total. The first kappa shape index (κ1) is 31.3. The first-order valence-electron chi connectivity index (χ1n) is 19.6. The standard InChI is InChI=1S/C50H33BN2O3Si/c1-57(2)45-21-11-7-17-37(45)52-39-27-34-33-15-6-8-18-40(33)56-50(34)47-35-28-43-44(55-42-20-10-9-19-41(42)54-43)29-38(35)53(51(48(39)47)36-16-12-22-46(57)49(36)52)32-25-23-31(24-26-32)30-13-4-3-5-14-30/h3-29H,1-2H3. The molecule has 57 heavy (non-hydrogen) atoms. The smallest absolute Gasteiger partial charge is 0.333 e. The number of fused-ring (bicyclic) bond motifs is 12. The number of furan rings is 1. The molecule has 4 aliphatic rings. The molecular formula is C50H33BN2O3Si. The van der Waals surface area contributed by atoms with Gasteiger partial charge in [0.25, 0.3) is 0 Å². The number of rotatable bonds is 2. The predicted molar refractivity (Wildman–Crippen MR) is 236 cm³/mol. The van der Waals surface area contributed by atoms with E-state index < -0.39 is 8.07 Å². The molecule has 7 heteroatoms. The summed E-state index contributed by atoms with van der Waals surface area (Å²) >= 11 is 0. The van der Waals surface area contributed by atoms with Crippen LogP contribution in [0.5, 0.6) is 23.0 Å². The highest BCUT2D eigenvalue weighted by Gasteiger charge is 2.51. The molecule has 5 nitrogen and oxygen atoms in total. The summed E-state index contributed by atoms with van der Waals surface area (Å²) in [6.45, 7) is 4.84. The summed E-state index contributed by atoms with van der Waals surface area (Å²) in [6.07, 6.45) is 0. The van der Waals surface area contributed by atoms with E-state index in [0.717, 1.165) is 44.4 Å². The first-order chi connectivity index (χ1) is 28.0. The lowest BCUT2D eigenvalue weighted by Crippen LogP contribution is -2.67. The molecule has 0 saturated carbocycles. The van der Waals surface area contributed by atoms with E-state index in [1.165, 1.54) is 49.5 Å². The lowest BCUT2D eigenvalue weighted by atomic mass is 9.43. The lowest BCUT2D eigenvalue weighted by molar-refractivity contribution is 0.360. The number of nitrogens with zero attached hydrogens (tertiary/aromatic N) is 2. The Morgan fingerprint density at radius 1 is 0.526 bits per heavy atom.